The smallest absolute Gasteiger partial charge is 0.261 e. The van der Waals surface area contributed by atoms with Gasteiger partial charge < -0.3 is 15.0 Å². The van der Waals surface area contributed by atoms with Gasteiger partial charge in [0, 0.05) is 32.7 Å². The Morgan fingerprint density at radius 2 is 1.73 bits per heavy atom. The summed E-state index contributed by atoms with van der Waals surface area (Å²) in [6, 6.07) is 8.38. The number of halogens is 3. The van der Waals surface area contributed by atoms with Gasteiger partial charge in [0.25, 0.3) is 5.91 Å². The van der Waals surface area contributed by atoms with Crippen molar-refractivity contribution in [2.24, 2.45) is 0 Å². The number of ether oxygens (including phenoxy) is 1. The van der Waals surface area contributed by atoms with E-state index < -0.39 is 6.04 Å². The third-order valence-electron chi connectivity index (χ3n) is 6.03. The third-order valence-corrected chi connectivity index (χ3v) is 7.99. The summed E-state index contributed by atoms with van der Waals surface area (Å²) in [6.45, 7) is 5.56. The van der Waals surface area contributed by atoms with Gasteiger partial charge in [-0.2, -0.15) is 0 Å². The Hall–Kier alpha value is -1.76. The van der Waals surface area contributed by atoms with Crippen LogP contribution in [0.15, 0.2) is 34.8 Å². The van der Waals surface area contributed by atoms with Crippen molar-refractivity contribution in [2.45, 2.75) is 65.1 Å². The molecule has 33 heavy (non-hydrogen) atoms. The van der Waals surface area contributed by atoms with E-state index in [4.69, 9.17) is 27.9 Å². The molecular weight excluding hydrogens is 527 g/mol. The average Bonchev–Trinajstić information content (AvgIpc) is 3.28. The minimum Gasteiger partial charge on any atom is -0.484 e. The molecule has 1 N–H and O–H groups in total. The standard InChI is InChI=1S/C25H29BrCl2N2O3/c1-15-11-19(12-16(2)24(15)26)33-14-23(31)30(13-20-21(27)9-6-10-22(20)28)17(3)25(32)29-18-7-4-5-8-18/h6,9-12,17-18H,4-5,7-8,13-14H2,1-3H3,(H,29,32). The largest absolute Gasteiger partial charge is 0.484 e. The van der Waals surface area contributed by atoms with Crippen LogP contribution in [0.4, 0.5) is 0 Å². The zero-order valence-corrected chi connectivity index (χ0v) is 22.2. The molecule has 8 heteroatoms. The Bertz CT molecular complexity index is 981. The normalized spacial score (nSPS) is 14.7. The summed E-state index contributed by atoms with van der Waals surface area (Å²) in [4.78, 5) is 27.8. The molecule has 0 heterocycles. The highest BCUT2D eigenvalue weighted by molar-refractivity contribution is 9.10. The highest BCUT2D eigenvalue weighted by Crippen LogP contribution is 2.28. The topological polar surface area (TPSA) is 58.6 Å². The van der Waals surface area contributed by atoms with Gasteiger partial charge in [0.1, 0.15) is 11.8 Å². The number of carbonyl (C=O) groups excluding carboxylic acids is 2. The average molecular weight is 556 g/mol. The van der Waals surface area contributed by atoms with Crippen molar-refractivity contribution in [3.8, 4) is 5.75 Å². The third kappa shape index (κ3) is 6.65. The summed E-state index contributed by atoms with van der Waals surface area (Å²) in [5.41, 5.74) is 2.63. The maximum absolute atomic E-state index is 13.3. The van der Waals surface area contributed by atoms with E-state index in [-0.39, 0.29) is 31.0 Å². The zero-order valence-electron chi connectivity index (χ0n) is 19.1. The van der Waals surface area contributed by atoms with Crippen LogP contribution in [0.25, 0.3) is 0 Å². The molecule has 0 radical (unpaired) electrons. The Kier molecular flexibility index (Phi) is 9.08. The van der Waals surface area contributed by atoms with Crippen molar-refractivity contribution in [1.82, 2.24) is 10.2 Å². The fourth-order valence-electron chi connectivity index (χ4n) is 4.05. The fraction of sp³-hybridized carbons (Fsp3) is 0.440. The monoisotopic (exact) mass is 554 g/mol. The van der Waals surface area contributed by atoms with Crippen LogP contribution in [-0.2, 0) is 16.1 Å². The molecule has 3 rings (SSSR count). The van der Waals surface area contributed by atoms with Crippen LogP contribution in [-0.4, -0.2) is 35.4 Å². The predicted octanol–water partition coefficient (Wildman–Crippen LogP) is 6.23. The highest BCUT2D eigenvalue weighted by Gasteiger charge is 2.29. The molecule has 1 fully saturated rings. The number of benzene rings is 2. The Morgan fingerprint density at radius 3 is 2.30 bits per heavy atom. The van der Waals surface area contributed by atoms with Gasteiger partial charge in [-0.25, -0.2) is 0 Å². The number of nitrogens with one attached hydrogen (secondary N) is 1. The molecule has 178 valence electrons. The van der Waals surface area contributed by atoms with E-state index in [0.29, 0.717) is 21.4 Å². The van der Waals surface area contributed by atoms with E-state index in [2.05, 4.69) is 21.2 Å². The first-order valence-electron chi connectivity index (χ1n) is 11.1. The van der Waals surface area contributed by atoms with E-state index in [1.807, 2.05) is 26.0 Å². The lowest BCUT2D eigenvalue weighted by atomic mass is 10.1. The molecular formula is C25H29BrCl2N2O3. The van der Waals surface area contributed by atoms with Crippen molar-refractivity contribution < 1.29 is 14.3 Å². The molecule has 1 aliphatic rings. The van der Waals surface area contributed by atoms with Crippen LogP contribution < -0.4 is 10.1 Å². The molecule has 0 spiro atoms. The molecule has 1 saturated carbocycles. The highest BCUT2D eigenvalue weighted by atomic mass is 79.9. The Balaban J connectivity index is 1.79. The minimum absolute atomic E-state index is 0.109. The van der Waals surface area contributed by atoms with Gasteiger partial charge >= 0.3 is 0 Å². The number of carbonyl (C=O) groups is 2. The molecule has 5 nitrogen and oxygen atoms in total. The maximum atomic E-state index is 13.3. The summed E-state index contributed by atoms with van der Waals surface area (Å²) in [5.74, 6) is 0.0902. The van der Waals surface area contributed by atoms with Gasteiger partial charge in [0.2, 0.25) is 5.91 Å². The first-order chi connectivity index (χ1) is 15.7. The van der Waals surface area contributed by atoms with Crippen LogP contribution in [0.1, 0.15) is 49.3 Å². The summed E-state index contributed by atoms with van der Waals surface area (Å²) in [5, 5.41) is 3.98. The van der Waals surface area contributed by atoms with Gasteiger partial charge in [-0.3, -0.25) is 9.59 Å². The molecule has 0 saturated heterocycles. The van der Waals surface area contributed by atoms with Gasteiger partial charge in [-0.15, -0.1) is 0 Å². The second-order valence-electron chi connectivity index (χ2n) is 8.55. The number of amides is 2. The summed E-state index contributed by atoms with van der Waals surface area (Å²) < 4.78 is 6.82. The van der Waals surface area contributed by atoms with E-state index >= 15 is 0 Å². The quantitative estimate of drug-likeness (QED) is 0.420. The van der Waals surface area contributed by atoms with Crippen molar-refractivity contribution in [2.75, 3.05) is 6.61 Å². The van der Waals surface area contributed by atoms with Crippen molar-refractivity contribution >= 4 is 50.9 Å². The van der Waals surface area contributed by atoms with Gasteiger partial charge in [0.05, 0.1) is 0 Å². The minimum atomic E-state index is -0.706. The summed E-state index contributed by atoms with van der Waals surface area (Å²) >= 11 is 16.3. The zero-order chi connectivity index (χ0) is 24.1. The molecule has 0 aliphatic heterocycles. The second kappa shape index (κ2) is 11.6. The molecule has 2 aromatic carbocycles. The summed E-state index contributed by atoms with van der Waals surface area (Å²) in [6.07, 6.45) is 4.15. The van der Waals surface area contributed by atoms with Crippen molar-refractivity contribution in [3.05, 3.63) is 61.5 Å². The van der Waals surface area contributed by atoms with Crippen LogP contribution in [0, 0.1) is 13.8 Å². The number of nitrogens with zero attached hydrogens (tertiary/aromatic N) is 1. The lowest BCUT2D eigenvalue weighted by Crippen LogP contribution is -2.50. The number of rotatable bonds is 8. The number of hydrogen-bond acceptors (Lipinski definition) is 3. The number of aryl methyl sites for hydroxylation is 2. The lowest BCUT2D eigenvalue weighted by molar-refractivity contribution is -0.142. The molecule has 2 aromatic rings. The number of hydrogen-bond donors (Lipinski definition) is 1. The van der Waals surface area contributed by atoms with Gasteiger partial charge in [-0.1, -0.05) is 58.0 Å². The second-order valence-corrected chi connectivity index (χ2v) is 10.2. The van der Waals surface area contributed by atoms with Gasteiger partial charge in [0.15, 0.2) is 6.61 Å². The summed E-state index contributed by atoms with van der Waals surface area (Å²) in [7, 11) is 0. The van der Waals surface area contributed by atoms with E-state index in [1.165, 1.54) is 4.90 Å². The van der Waals surface area contributed by atoms with Crippen LogP contribution in [0.2, 0.25) is 10.0 Å². The molecule has 1 unspecified atom stereocenters. The Labute approximate surface area is 213 Å². The van der Waals surface area contributed by atoms with Crippen LogP contribution in [0.5, 0.6) is 5.75 Å². The van der Waals surface area contributed by atoms with E-state index in [9.17, 15) is 9.59 Å². The first kappa shape index (κ1) is 25.9. The van der Waals surface area contributed by atoms with E-state index in [1.54, 1.807) is 25.1 Å². The van der Waals surface area contributed by atoms with E-state index in [0.717, 1.165) is 41.3 Å². The van der Waals surface area contributed by atoms with Crippen molar-refractivity contribution in [3.63, 3.8) is 0 Å². The van der Waals surface area contributed by atoms with Crippen molar-refractivity contribution in [1.29, 1.82) is 0 Å². The molecule has 0 bridgehead atoms. The van der Waals surface area contributed by atoms with Crippen LogP contribution in [0.3, 0.4) is 0 Å². The molecule has 2 amide bonds. The SMILES string of the molecule is Cc1cc(OCC(=O)N(Cc2c(Cl)cccc2Cl)C(C)C(=O)NC2CCCC2)cc(C)c1Br. The predicted molar refractivity (Wildman–Crippen MR) is 136 cm³/mol. The maximum Gasteiger partial charge on any atom is 0.261 e. The first-order valence-corrected chi connectivity index (χ1v) is 12.6. The van der Waals surface area contributed by atoms with Gasteiger partial charge in [-0.05, 0) is 69.0 Å². The molecule has 1 aliphatic carbocycles. The molecule has 1 atom stereocenters. The lowest BCUT2D eigenvalue weighted by Gasteiger charge is -2.30. The van der Waals surface area contributed by atoms with Crippen LogP contribution >= 0.6 is 39.1 Å². The fourth-order valence-corrected chi connectivity index (χ4v) is 4.79. The molecule has 0 aromatic heterocycles. The Morgan fingerprint density at radius 1 is 1.15 bits per heavy atom.